The normalized spacial score (nSPS) is 11.7. The molecule has 0 saturated heterocycles. The second-order valence-corrected chi connectivity index (χ2v) is 4.94. The van der Waals surface area contributed by atoms with Crippen molar-refractivity contribution < 1.29 is 0 Å². The predicted molar refractivity (Wildman–Crippen MR) is 65.0 cm³/mol. The van der Waals surface area contributed by atoms with Crippen molar-refractivity contribution in [3.8, 4) is 0 Å². The fourth-order valence-electron chi connectivity index (χ4n) is 0.803. The Bertz CT molecular complexity index is 317. The summed E-state index contributed by atoms with van der Waals surface area (Å²) in [5, 5.41) is 3.99. The van der Waals surface area contributed by atoms with Gasteiger partial charge in [0.15, 0.2) is 0 Å². The summed E-state index contributed by atoms with van der Waals surface area (Å²) in [5.74, 6) is 1.04. The van der Waals surface area contributed by atoms with Gasteiger partial charge in [-0.1, -0.05) is 18.5 Å². The minimum Gasteiger partial charge on any atom is -0.263 e. The van der Waals surface area contributed by atoms with E-state index in [0.29, 0.717) is 0 Å². The van der Waals surface area contributed by atoms with Crippen LogP contribution in [-0.4, -0.2) is 12.5 Å². The third-order valence-electron chi connectivity index (χ3n) is 1.40. The monoisotopic (exact) mass is 231 g/mol. The van der Waals surface area contributed by atoms with Gasteiger partial charge in [-0.05, 0) is 23.9 Å². The first kappa shape index (κ1) is 10.8. The Balaban J connectivity index is 2.84. The lowest BCUT2D eigenvalue weighted by Gasteiger charge is -1.95. The summed E-state index contributed by atoms with van der Waals surface area (Å²) in [6.07, 6.45) is 0. The maximum absolute atomic E-state index is 5.82. The number of nitrogens with zero attached hydrogens (tertiary/aromatic N) is 1. The van der Waals surface area contributed by atoms with E-state index >= 15 is 0 Å². The van der Waals surface area contributed by atoms with Gasteiger partial charge in [-0.15, -0.1) is 23.1 Å². The summed E-state index contributed by atoms with van der Waals surface area (Å²) in [6.45, 7) is 5.63. The zero-order valence-corrected chi connectivity index (χ0v) is 9.68. The van der Waals surface area contributed by atoms with Crippen LogP contribution in [0.2, 0.25) is 4.34 Å². The third-order valence-corrected chi connectivity index (χ3v) is 3.21. The topological polar surface area (TPSA) is 12.4 Å². The number of thiophene rings is 1. The molecule has 0 atom stereocenters. The van der Waals surface area contributed by atoms with Crippen molar-refractivity contribution >= 4 is 47.1 Å². The minimum absolute atomic E-state index is 0.783. The molecule has 0 amide bonds. The van der Waals surface area contributed by atoms with E-state index < -0.39 is 0 Å². The Morgan fingerprint density at radius 1 is 1.85 bits per heavy atom. The highest BCUT2D eigenvalue weighted by Gasteiger charge is 2.01. The zero-order chi connectivity index (χ0) is 9.68. The van der Waals surface area contributed by atoms with Crippen LogP contribution in [0.5, 0.6) is 0 Å². The van der Waals surface area contributed by atoms with E-state index in [1.54, 1.807) is 11.8 Å². The molecular formula is C9H10ClNS2. The molecule has 1 aromatic rings. The fraction of sp³-hybridized carbons (Fsp3) is 0.222. The molecule has 13 heavy (non-hydrogen) atoms. The van der Waals surface area contributed by atoms with Gasteiger partial charge < -0.3 is 0 Å². The van der Waals surface area contributed by atoms with Crippen molar-refractivity contribution in [2.75, 3.05) is 5.75 Å². The molecule has 0 radical (unpaired) electrons. The highest BCUT2D eigenvalue weighted by molar-refractivity contribution is 8.02. The summed E-state index contributed by atoms with van der Waals surface area (Å²) in [4.78, 5) is 3.95. The summed E-state index contributed by atoms with van der Waals surface area (Å²) >= 11 is 9.04. The Labute approximate surface area is 91.5 Å². The number of hydrogen-bond donors (Lipinski definition) is 0. The van der Waals surface area contributed by atoms with Crippen molar-refractivity contribution in [1.29, 1.82) is 0 Å². The Hall–Kier alpha value is -0.250. The maximum atomic E-state index is 5.82. The average Bonchev–Trinajstić information content (AvgIpc) is 2.54. The molecule has 1 nitrogen and oxygen atoms in total. The van der Waals surface area contributed by atoms with Crippen LogP contribution >= 0.6 is 34.7 Å². The standard InChI is InChI=1S/C9H10ClNS2/c1-3-12-6-8(11-2)7-4-9(10)13-5-7/h4-6H,2-3H2,1H3/b8-6-. The Morgan fingerprint density at radius 3 is 3.08 bits per heavy atom. The number of rotatable bonds is 4. The van der Waals surface area contributed by atoms with Crippen molar-refractivity contribution in [2.24, 2.45) is 4.99 Å². The average molecular weight is 232 g/mol. The molecule has 0 spiro atoms. The van der Waals surface area contributed by atoms with E-state index in [1.165, 1.54) is 11.3 Å². The van der Waals surface area contributed by atoms with Gasteiger partial charge in [-0.2, -0.15) is 0 Å². The first-order chi connectivity index (χ1) is 6.27. The molecule has 70 valence electrons. The second-order valence-electron chi connectivity index (χ2n) is 2.26. The molecule has 0 aliphatic rings. The molecule has 0 fully saturated rings. The minimum atomic E-state index is 0.783. The van der Waals surface area contributed by atoms with Crippen molar-refractivity contribution in [1.82, 2.24) is 0 Å². The third kappa shape index (κ3) is 3.18. The molecule has 0 unspecified atom stereocenters. The molecule has 0 aliphatic carbocycles. The van der Waals surface area contributed by atoms with Crippen LogP contribution in [0.1, 0.15) is 12.5 Å². The van der Waals surface area contributed by atoms with Gasteiger partial charge in [0.05, 0.1) is 10.0 Å². The zero-order valence-electron chi connectivity index (χ0n) is 7.29. The lowest BCUT2D eigenvalue weighted by molar-refractivity contribution is 1.53. The lowest BCUT2D eigenvalue weighted by atomic mass is 10.3. The number of halogens is 1. The SMILES string of the molecule is C=N/C(=C\SCC)c1csc(Cl)c1. The molecule has 0 saturated carbocycles. The highest BCUT2D eigenvalue weighted by Crippen LogP contribution is 2.27. The number of hydrogen-bond acceptors (Lipinski definition) is 3. The van der Waals surface area contributed by atoms with E-state index in [4.69, 9.17) is 11.6 Å². The van der Waals surface area contributed by atoms with Crippen molar-refractivity contribution in [3.63, 3.8) is 0 Å². The van der Waals surface area contributed by atoms with Gasteiger partial charge in [-0.25, -0.2) is 0 Å². The molecule has 1 heterocycles. The van der Waals surface area contributed by atoms with Gasteiger partial charge in [0, 0.05) is 10.9 Å². The first-order valence-corrected chi connectivity index (χ1v) is 6.11. The fourth-order valence-corrected chi connectivity index (χ4v) is 2.21. The number of aliphatic imine (C=N–C) groups is 1. The van der Waals surface area contributed by atoms with Gasteiger partial charge in [0.2, 0.25) is 0 Å². The summed E-state index contributed by atoms with van der Waals surface area (Å²) in [5.41, 5.74) is 1.95. The second kappa shape index (κ2) is 5.47. The van der Waals surface area contributed by atoms with Crippen LogP contribution < -0.4 is 0 Å². The Morgan fingerprint density at radius 2 is 2.62 bits per heavy atom. The largest absolute Gasteiger partial charge is 0.263 e. The van der Waals surface area contributed by atoms with Crippen LogP contribution in [0.25, 0.3) is 5.70 Å². The van der Waals surface area contributed by atoms with Crippen LogP contribution in [0, 0.1) is 0 Å². The maximum Gasteiger partial charge on any atom is 0.0935 e. The first-order valence-electron chi connectivity index (χ1n) is 3.80. The smallest absolute Gasteiger partial charge is 0.0935 e. The van der Waals surface area contributed by atoms with Crippen molar-refractivity contribution in [2.45, 2.75) is 6.92 Å². The molecule has 4 heteroatoms. The van der Waals surface area contributed by atoms with E-state index in [1.807, 2.05) is 16.9 Å². The van der Waals surface area contributed by atoms with E-state index in [2.05, 4.69) is 18.6 Å². The summed E-state index contributed by atoms with van der Waals surface area (Å²) in [6, 6.07) is 1.91. The molecule has 0 N–H and O–H groups in total. The van der Waals surface area contributed by atoms with E-state index in [0.717, 1.165) is 21.3 Å². The summed E-state index contributed by atoms with van der Waals surface area (Å²) < 4.78 is 0.783. The van der Waals surface area contributed by atoms with Crippen LogP contribution in [0.15, 0.2) is 21.8 Å². The van der Waals surface area contributed by atoms with Gasteiger partial charge in [-0.3, -0.25) is 4.99 Å². The van der Waals surface area contributed by atoms with Gasteiger partial charge in [0.25, 0.3) is 0 Å². The predicted octanol–water partition coefficient (Wildman–Crippen LogP) is 4.15. The molecule has 0 aromatic carbocycles. The Kier molecular flexibility index (Phi) is 4.56. The van der Waals surface area contributed by atoms with Gasteiger partial charge >= 0.3 is 0 Å². The molecule has 0 bridgehead atoms. The molecule has 1 aromatic heterocycles. The van der Waals surface area contributed by atoms with Crippen LogP contribution in [0.3, 0.4) is 0 Å². The molecule has 1 rings (SSSR count). The van der Waals surface area contributed by atoms with E-state index in [9.17, 15) is 0 Å². The number of thioether (sulfide) groups is 1. The van der Waals surface area contributed by atoms with Crippen molar-refractivity contribution in [3.05, 3.63) is 26.8 Å². The highest BCUT2D eigenvalue weighted by atomic mass is 35.5. The van der Waals surface area contributed by atoms with E-state index in [-0.39, 0.29) is 0 Å². The molecule has 0 aliphatic heterocycles. The van der Waals surface area contributed by atoms with Gasteiger partial charge in [0.1, 0.15) is 0 Å². The summed E-state index contributed by atoms with van der Waals surface area (Å²) in [7, 11) is 0. The quantitative estimate of drug-likeness (QED) is 0.709. The van der Waals surface area contributed by atoms with Crippen LogP contribution in [-0.2, 0) is 0 Å². The lowest BCUT2D eigenvalue weighted by Crippen LogP contribution is -1.74. The molecular weight excluding hydrogens is 222 g/mol. The van der Waals surface area contributed by atoms with Crippen LogP contribution in [0.4, 0.5) is 0 Å².